The Kier molecular flexibility index (Phi) is 8.58. The van der Waals surface area contributed by atoms with E-state index in [9.17, 15) is 0 Å². The molecule has 0 spiro atoms. The molecule has 5 heteroatoms. The summed E-state index contributed by atoms with van der Waals surface area (Å²) in [6.45, 7) is 15.2. The zero-order valence-electron chi connectivity index (χ0n) is 17.1. The quantitative estimate of drug-likeness (QED) is 0.373. The molecule has 1 atom stereocenters. The lowest BCUT2D eigenvalue weighted by molar-refractivity contribution is 0.621. The number of amidine groups is 1. The predicted molar refractivity (Wildman–Crippen MR) is 125 cm³/mol. The van der Waals surface area contributed by atoms with Crippen LogP contribution in [0, 0.1) is 5.92 Å². The maximum atomic E-state index is 5.02. The van der Waals surface area contributed by atoms with Crippen LogP contribution >= 0.6 is 23.1 Å². The van der Waals surface area contributed by atoms with Crippen molar-refractivity contribution in [2.45, 2.75) is 53.5 Å². The van der Waals surface area contributed by atoms with Crippen molar-refractivity contribution in [3.63, 3.8) is 0 Å². The SMILES string of the molecule is C=C(NC(=NC(C)CSC=C(C)C)C(CC)CC)c1ccc2ncsc2c1. The summed E-state index contributed by atoms with van der Waals surface area (Å²) >= 11 is 3.49. The molecular formula is C22H31N3S2. The van der Waals surface area contributed by atoms with Crippen LogP contribution in [-0.4, -0.2) is 22.6 Å². The fourth-order valence-electron chi connectivity index (χ4n) is 2.81. The smallest absolute Gasteiger partial charge is 0.104 e. The Morgan fingerprint density at radius 1 is 1.33 bits per heavy atom. The molecule has 0 fully saturated rings. The minimum Gasteiger partial charge on any atom is -0.344 e. The van der Waals surface area contributed by atoms with Gasteiger partial charge in [0.05, 0.1) is 21.8 Å². The van der Waals surface area contributed by atoms with Gasteiger partial charge in [-0.15, -0.1) is 23.1 Å². The van der Waals surface area contributed by atoms with E-state index in [0.29, 0.717) is 5.92 Å². The molecule has 0 saturated heterocycles. The molecule has 2 aromatic rings. The Morgan fingerprint density at radius 3 is 2.74 bits per heavy atom. The highest BCUT2D eigenvalue weighted by Gasteiger charge is 2.15. The topological polar surface area (TPSA) is 37.3 Å². The number of aromatic nitrogens is 1. The second kappa shape index (κ2) is 10.7. The number of nitrogens with one attached hydrogen (secondary N) is 1. The Bertz CT molecular complexity index is 812. The lowest BCUT2D eigenvalue weighted by Crippen LogP contribution is -2.30. The van der Waals surface area contributed by atoms with Gasteiger partial charge in [0.25, 0.3) is 0 Å². The molecule has 0 aliphatic rings. The highest BCUT2D eigenvalue weighted by Crippen LogP contribution is 2.23. The Labute approximate surface area is 172 Å². The number of allylic oxidation sites excluding steroid dienone is 1. The highest BCUT2D eigenvalue weighted by atomic mass is 32.2. The molecule has 2 rings (SSSR count). The monoisotopic (exact) mass is 401 g/mol. The predicted octanol–water partition coefficient (Wildman–Crippen LogP) is 6.74. The van der Waals surface area contributed by atoms with Crippen LogP contribution in [0.2, 0.25) is 0 Å². The first kappa shape index (κ1) is 21.7. The number of fused-ring (bicyclic) bond motifs is 1. The number of aliphatic imine (C=N–C) groups is 1. The zero-order valence-corrected chi connectivity index (χ0v) is 18.7. The van der Waals surface area contributed by atoms with Crippen molar-refractivity contribution in [1.82, 2.24) is 10.3 Å². The molecular weight excluding hydrogens is 370 g/mol. The Balaban J connectivity index is 2.16. The standard InChI is InChI=1S/C22H31N3S2/c1-7-18(8-2)22(24-16(5)13-26-12-15(3)4)25-17(6)19-9-10-20-21(11-19)27-14-23-20/h9-12,14,16,18H,6-8,13H2,1-5H3,(H,24,25). The van der Waals surface area contributed by atoms with Crippen molar-refractivity contribution in [1.29, 1.82) is 0 Å². The molecule has 27 heavy (non-hydrogen) atoms. The molecule has 0 aliphatic carbocycles. The third-order valence-corrected chi connectivity index (χ3v) is 6.45. The maximum Gasteiger partial charge on any atom is 0.104 e. The van der Waals surface area contributed by atoms with Crippen LogP contribution in [0.25, 0.3) is 15.9 Å². The molecule has 1 unspecified atom stereocenters. The molecule has 146 valence electrons. The van der Waals surface area contributed by atoms with Gasteiger partial charge < -0.3 is 5.32 Å². The molecule has 1 aromatic carbocycles. The summed E-state index contributed by atoms with van der Waals surface area (Å²) in [5, 5.41) is 5.75. The largest absolute Gasteiger partial charge is 0.344 e. The van der Waals surface area contributed by atoms with E-state index < -0.39 is 0 Å². The number of thiazole rings is 1. The van der Waals surface area contributed by atoms with Gasteiger partial charge in [0.15, 0.2) is 0 Å². The van der Waals surface area contributed by atoms with Gasteiger partial charge in [0, 0.05) is 17.4 Å². The Hall–Kier alpha value is -1.59. The lowest BCUT2D eigenvalue weighted by Gasteiger charge is -2.21. The number of rotatable bonds is 9. The maximum absolute atomic E-state index is 5.02. The summed E-state index contributed by atoms with van der Waals surface area (Å²) < 4.78 is 1.18. The number of hydrogen-bond acceptors (Lipinski definition) is 4. The molecule has 1 aromatic heterocycles. The highest BCUT2D eigenvalue weighted by molar-refractivity contribution is 8.02. The second-order valence-corrected chi connectivity index (χ2v) is 8.83. The van der Waals surface area contributed by atoms with Gasteiger partial charge in [-0.2, -0.15) is 0 Å². The molecule has 0 bridgehead atoms. The van der Waals surface area contributed by atoms with Crippen molar-refractivity contribution in [3.05, 3.63) is 46.8 Å². The fourth-order valence-corrected chi connectivity index (χ4v) is 4.31. The summed E-state index contributed by atoms with van der Waals surface area (Å²) in [6.07, 6.45) is 2.13. The van der Waals surface area contributed by atoms with Crippen LogP contribution in [0.15, 0.2) is 46.3 Å². The van der Waals surface area contributed by atoms with E-state index in [1.54, 1.807) is 11.3 Å². The summed E-state index contributed by atoms with van der Waals surface area (Å²) in [5.41, 5.74) is 6.25. The summed E-state index contributed by atoms with van der Waals surface area (Å²) in [4.78, 5) is 9.37. The third kappa shape index (κ3) is 6.51. The fraction of sp³-hybridized carbons (Fsp3) is 0.455. The van der Waals surface area contributed by atoms with E-state index in [4.69, 9.17) is 4.99 Å². The first-order chi connectivity index (χ1) is 12.9. The van der Waals surface area contributed by atoms with Crippen LogP contribution in [0.1, 0.15) is 53.0 Å². The van der Waals surface area contributed by atoms with E-state index in [2.05, 4.69) is 75.1 Å². The van der Waals surface area contributed by atoms with Crippen LogP contribution in [0.3, 0.4) is 0 Å². The van der Waals surface area contributed by atoms with Gasteiger partial charge in [-0.25, -0.2) is 4.98 Å². The van der Waals surface area contributed by atoms with Crippen LogP contribution in [0.4, 0.5) is 0 Å². The van der Waals surface area contributed by atoms with E-state index >= 15 is 0 Å². The van der Waals surface area contributed by atoms with Gasteiger partial charge in [-0.3, -0.25) is 4.99 Å². The van der Waals surface area contributed by atoms with Crippen molar-refractivity contribution in [2.24, 2.45) is 10.9 Å². The van der Waals surface area contributed by atoms with Crippen LogP contribution < -0.4 is 5.32 Å². The summed E-state index contributed by atoms with van der Waals surface area (Å²) in [5.74, 6) is 2.46. The van der Waals surface area contributed by atoms with Crippen molar-refractivity contribution >= 4 is 44.8 Å². The second-order valence-electron chi connectivity index (χ2n) is 7.04. The number of hydrogen-bond donors (Lipinski definition) is 1. The summed E-state index contributed by atoms with van der Waals surface area (Å²) in [6, 6.07) is 6.54. The molecule has 1 heterocycles. The molecule has 0 amide bonds. The first-order valence-corrected chi connectivity index (χ1v) is 11.5. The normalized spacial score (nSPS) is 13.0. The summed E-state index contributed by atoms with van der Waals surface area (Å²) in [7, 11) is 0. The lowest BCUT2D eigenvalue weighted by atomic mass is 10.0. The van der Waals surface area contributed by atoms with Gasteiger partial charge >= 0.3 is 0 Å². The van der Waals surface area contributed by atoms with E-state index in [1.165, 1.54) is 10.3 Å². The molecule has 3 nitrogen and oxygen atoms in total. The average molecular weight is 402 g/mol. The Morgan fingerprint density at radius 2 is 2.07 bits per heavy atom. The van der Waals surface area contributed by atoms with Gasteiger partial charge in [0.2, 0.25) is 0 Å². The van der Waals surface area contributed by atoms with Crippen LogP contribution in [-0.2, 0) is 0 Å². The van der Waals surface area contributed by atoms with E-state index in [1.807, 2.05) is 17.3 Å². The van der Waals surface area contributed by atoms with Gasteiger partial charge in [-0.05, 0) is 56.7 Å². The average Bonchev–Trinajstić information content (AvgIpc) is 3.09. The molecule has 0 saturated carbocycles. The van der Waals surface area contributed by atoms with Crippen LogP contribution in [0.5, 0.6) is 0 Å². The van der Waals surface area contributed by atoms with Gasteiger partial charge in [0.1, 0.15) is 5.84 Å². The molecule has 0 radical (unpaired) electrons. The minimum absolute atomic E-state index is 0.255. The van der Waals surface area contributed by atoms with Crippen molar-refractivity contribution < 1.29 is 0 Å². The van der Waals surface area contributed by atoms with E-state index in [-0.39, 0.29) is 6.04 Å². The number of nitrogens with zero attached hydrogens (tertiary/aromatic N) is 2. The number of thioether (sulfide) groups is 1. The van der Waals surface area contributed by atoms with Gasteiger partial charge in [-0.1, -0.05) is 32.1 Å². The van der Waals surface area contributed by atoms with Crippen molar-refractivity contribution in [2.75, 3.05) is 5.75 Å². The zero-order chi connectivity index (χ0) is 19.8. The third-order valence-electron chi connectivity index (χ3n) is 4.35. The number of benzene rings is 1. The first-order valence-electron chi connectivity index (χ1n) is 9.56. The molecule has 0 aliphatic heterocycles. The van der Waals surface area contributed by atoms with E-state index in [0.717, 1.165) is 41.2 Å². The molecule has 1 N–H and O–H groups in total. The minimum atomic E-state index is 0.255. The van der Waals surface area contributed by atoms with Crippen molar-refractivity contribution in [3.8, 4) is 0 Å².